The van der Waals surface area contributed by atoms with Gasteiger partial charge in [-0.3, -0.25) is 9.69 Å². The number of carbonyl (C=O) groups is 2. The average molecular weight is 393 g/mol. The van der Waals surface area contributed by atoms with Crippen LogP contribution in [0.3, 0.4) is 0 Å². The van der Waals surface area contributed by atoms with Crippen LogP contribution in [-0.4, -0.2) is 68.1 Å². The van der Waals surface area contributed by atoms with E-state index in [4.69, 9.17) is 0 Å². The summed E-state index contributed by atoms with van der Waals surface area (Å²) in [5.74, 6) is 0.0571. The summed E-state index contributed by atoms with van der Waals surface area (Å²) in [6.07, 6.45) is 0. The molecule has 0 bridgehead atoms. The Labute approximate surface area is 172 Å². The van der Waals surface area contributed by atoms with Gasteiger partial charge in [-0.1, -0.05) is 17.7 Å². The molecule has 0 unspecified atom stereocenters. The van der Waals surface area contributed by atoms with Gasteiger partial charge in [0.05, 0.1) is 0 Å². The molecule has 2 aromatic rings. The molecule has 2 aliphatic rings. The predicted octanol–water partition coefficient (Wildman–Crippen LogP) is 3.14. The van der Waals surface area contributed by atoms with Gasteiger partial charge in [-0.15, -0.1) is 0 Å². The average Bonchev–Trinajstić information content (AvgIpc) is 3.06. The maximum absolute atomic E-state index is 12.9. The van der Waals surface area contributed by atoms with E-state index in [2.05, 4.69) is 36.9 Å². The van der Waals surface area contributed by atoms with Crippen molar-refractivity contribution in [2.75, 3.05) is 56.1 Å². The van der Waals surface area contributed by atoms with E-state index in [0.717, 1.165) is 25.3 Å². The van der Waals surface area contributed by atoms with E-state index in [1.807, 2.05) is 29.2 Å². The summed E-state index contributed by atoms with van der Waals surface area (Å²) >= 11 is 0. The summed E-state index contributed by atoms with van der Waals surface area (Å²) in [6.45, 7) is 8.76. The van der Waals surface area contributed by atoms with E-state index < -0.39 is 0 Å². The number of likely N-dealkylation sites (N-methyl/N-ethyl adjacent to an activating group) is 1. The molecule has 29 heavy (non-hydrogen) atoms. The second-order valence-corrected chi connectivity index (χ2v) is 7.97. The van der Waals surface area contributed by atoms with Crippen LogP contribution in [0.15, 0.2) is 42.5 Å². The highest BCUT2D eigenvalue weighted by Crippen LogP contribution is 2.24. The van der Waals surface area contributed by atoms with Crippen LogP contribution in [0.4, 0.5) is 16.2 Å². The zero-order chi connectivity index (χ0) is 20.5. The number of carbonyl (C=O) groups excluding carboxylic acids is 2. The molecule has 2 saturated heterocycles. The summed E-state index contributed by atoms with van der Waals surface area (Å²) < 4.78 is 0. The Morgan fingerprint density at radius 2 is 1.55 bits per heavy atom. The van der Waals surface area contributed by atoms with Crippen LogP contribution in [0.5, 0.6) is 0 Å². The van der Waals surface area contributed by atoms with E-state index in [1.54, 1.807) is 16.8 Å². The molecule has 0 spiro atoms. The molecule has 152 valence electrons. The molecule has 0 N–H and O–H groups in total. The van der Waals surface area contributed by atoms with E-state index in [9.17, 15) is 9.59 Å². The lowest BCUT2D eigenvalue weighted by Crippen LogP contribution is -2.49. The molecule has 0 aromatic heterocycles. The zero-order valence-electron chi connectivity index (χ0n) is 17.4. The Morgan fingerprint density at radius 3 is 2.14 bits per heavy atom. The van der Waals surface area contributed by atoms with Crippen molar-refractivity contribution in [1.29, 1.82) is 0 Å². The minimum Gasteiger partial charge on any atom is -0.368 e. The van der Waals surface area contributed by atoms with Crippen LogP contribution in [-0.2, 0) is 0 Å². The maximum atomic E-state index is 12.9. The Balaban J connectivity index is 1.39. The SMILES string of the molecule is Cc1ccc(N2CCN(C(=O)c3ccc(N4CCN(C)C4=O)cc3)CC2)c(C)c1. The fraction of sp³-hybridized carbons (Fsp3) is 0.391. The maximum Gasteiger partial charge on any atom is 0.324 e. The molecule has 6 heteroatoms. The Kier molecular flexibility index (Phi) is 5.18. The normalized spacial score (nSPS) is 17.3. The molecule has 0 saturated carbocycles. The van der Waals surface area contributed by atoms with E-state index in [0.29, 0.717) is 25.2 Å². The Morgan fingerprint density at radius 1 is 0.862 bits per heavy atom. The largest absolute Gasteiger partial charge is 0.368 e. The van der Waals surface area contributed by atoms with Crippen LogP contribution in [0.25, 0.3) is 0 Å². The number of benzene rings is 2. The number of anilines is 2. The lowest BCUT2D eigenvalue weighted by Gasteiger charge is -2.37. The number of urea groups is 1. The summed E-state index contributed by atoms with van der Waals surface area (Å²) in [4.78, 5) is 32.8. The number of amides is 3. The summed E-state index contributed by atoms with van der Waals surface area (Å²) in [5.41, 5.74) is 5.32. The minimum absolute atomic E-state index is 0.00611. The van der Waals surface area contributed by atoms with Crippen molar-refractivity contribution >= 4 is 23.3 Å². The number of aryl methyl sites for hydroxylation is 2. The summed E-state index contributed by atoms with van der Waals surface area (Å²) in [6, 6.07) is 13.9. The third kappa shape index (κ3) is 3.79. The van der Waals surface area contributed by atoms with Crippen molar-refractivity contribution in [3.8, 4) is 0 Å². The fourth-order valence-corrected chi connectivity index (χ4v) is 4.16. The van der Waals surface area contributed by atoms with Gasteiger partial charge in [-0.05, 0) is 49.7 Å². The Hall–Kier alpha value is -3.02. The van der Waals surface area contributed by atoms with Crippen molar-refractivity contribution in [2.45, 2.75) is 13.8 Å². The predicted molar refractivity (Wildman–Crippen MR) is 116 cm³/mol. The third-order valence-electron chi connectivity index (χ3n) is 5.90. The topological polar surface area (TPSA) is 47.1 Å². The molecule has 2 aromatic carbocycles. The number of hydrogen-bond donors (Lipinski definition) is 0. The second-order valence-electron chi connectivity index (χ2n) is 7.97. The second kappa shape index (κ2) is 7.78. The molecule has 6 nitrogen and oxygen atoms in total. The quantitative estimate of drug-likeness (QED) is 0.806. The molecule has 2 heterocycles. The van der Waals surface area contributed by atoms with Gasteiger partial charge in [0.15, 0.2) is 0 Å². The van der Waals surface area contributed by atoms with Gasteiger partial charge in [0, 0.05) is 63.3 Å². The number of nitrogens with zero attached hydrogens (tertiary/aromatic N) is 4. The highest BCUT2D eigenvalue weighted by atomic mass is 16.2. The van der Waals surface area contributed by atoms with E-state index in [1.165, 1.54) is 16.8 Å². The highest BCUT2D eigenvalue weighted by molar-refractivity contribution is 5.97. The lowest BCUT2D eigenvalue weighted by molar-refractivity contribution is 0.0747. The first-order chi connectivity index (χ1) is 13.9. The molecule has 3 amide bonds. The molecule has 4 rings (SSSR count). The minimum atomic E-state index is 0.00611. The van der Waals surface area contributed by atoms with E-state index in [-0.39, 0.29) is 11.9 Å². The smallest absolute Gasteiger partial charge is 0.324 e. The first-order valence-electron chi connectivity index (χ1n) is 10.2. The van der Waals surface area contributed by atoms with Gasteiger partial charge in [0.25, 0.3) is 5.91 Å². The Bertz CT molecular complexity index is 917. The van der Waals surface area contributed by atoms with Crippen molar-refractivity contribution in [3.05, 3.63) is 59.2 Å². The van der Waals surface area contributed by atoms with Crippen molar-refractivity contribution in [1.82, 2.24) is 9.80 Å². The monoisotopic (exact) mass is 392 g/mol. The van der Waals surface area contributed by atoms with Gasteiger partial charge in [0.1, 0.15) is 0 Å². The van der Waals surface area contributed by atoms with Gasteiger partial charge in [0.2, 0.25) is 0 Å². The number of piperazine rings is 1. The van der Waals surface area contributed by atoms with Crippen LogP contribution in [0, 0.1) is 13.8 Å². The number of hydrogen-bond acceptors (Lipinski definition) is 3. The van der Waals surface area contributed by atoms with Crippen LogP contribution < -0.4 is 9.80 Å². The van der Waals surface area contributed by atoms with Crippen LogP contribution in [0.1, 0.15) is 21.5 Å². The molecular formula is C23H28N4O2. The van der Waals surface area contributed by atoms with Crippen LogP contribution >= 0.6 is 0 Å². The van der Waals surface area contributed by atoms with Gasteiger partial charge >= 0.3 is 6.03 Å². The van der Waals surface area contributed by atoms with Gasteiger partial charge < -0.3 is 14.7 Å². The molecule has 2 fully saturated rings. The molecular weight excluding hydrogens is 364 g/mol. The highest BCUT2D eigenvalue weighted by Gasteiger charge is 2.27. The first-order valence-corrected chi connectivity index (χ1v) is 10.2. The molecule has 2 aliphatic heterocycles. The third-order valence-corrected chi connectivity index (χ3v) is 5.90. The number of rotatable bonds is 3. The first kappa shape index (κ1) is 19.3. The van der Waals surface area contributed by atoms with Crippen molar-refractivity contribution in [3.63, 3.8) is 0 Å². The van der Waals surface area contributed by atoms with E-state index >= 15 is 0 Å². The molecule has 0 aliphatic carbocycles. The lowest BCUT2D eigenvalue weighted by atomic mass is 10.1. The molecule has 0 atom stereocenters. The zero-order valence-corrected chi connectivity index (χ0v) is 17.4. The molecule has 0 radical (unpaired) electrons. The van der Waals surface area contributed by atoms with Gasteiger partial charge in [-0.25, -0.2) is 4.79 Å². The summed E-state index contributed by atoms with van der Waals surface area (Å²) in [7, 11) is 1.80. The van der Waals surface area contributed by atoms with Crippen molar-refractivity contribution < 1.29 is 9.59 Å². The van der Waals surface area contributed by atoms with Crippen molar-refractivity contribution in [2.24, 2.45) is 0 Å². The summed E-state index contributed by atoms with van der Waals surface area (Å²) in [5, 5.41) is 0. The van der Waals surface area contributed by atoms with Crippen LogP contribution in [0.2, 0.25) is 0 Å². The van der Waals surface area contributed by atoms with Gasteiger partial charge in [-0.2, -0.15) is 0 Å². The fourth-order valence-electron chi connectivity index (χ4n) is 4.16. The standard InChI is InChI=1S/C23H28N4O2/c1-17-4-9-21(18(2)16-17)25-11-13-26(14-12-25)22(28)19-5-7-20(8-6-19)27-15-10-24(3)23(27)29/h4-9,16H,10-15H2,1-3H3.